The van der Waals surface area contributed by atoms with Crippen LogP contribution in [0, 0.1) is 0 Å². The highest BCUT2D eigenvalue weighted by Crippen LogP contribution is 2.24. The van der Waals surface area contributed by atoms with Crippen molar-refractivity contribution in [3.05, 3.63) is 29.3 Å². The first-order valence-corrected chi connectivity index (χ1v) is 6.20. The number of ether oxygens (including phenoxy) is 2. The fourth-order valence-corrected chi connectivity index (χ4v) is 1.89. The number of benzene rings is 1. The van der Waals surface area contributed by atoms with E-state index < -0.39 is 0 Å². The number of nitrogens with one attached hydrogen (secondary N) is 1. The van der Waals surface area contributed by atoms with E-state index in [0.717, 1.165) is 16.9 Å². The van der Waals surface area contributed by atoms with Gasteiger partial charge in [0.05, 0.1) is 19.8 Å². The topological polar surface area (TPSA) is 73.6 Å². The Hall–Kier alpha value is -1.59. The largest absolute Gasteiger partial charge is 0.496 e. The lowest BCUT2D eigenvalue weighted by Gasteiger charge is -2.19. The molecule has 3 N–H and O–H groups in total. The van der Waals surface area contributed by atoms with Crippen LogP contribution in [0.5, 0.6) is 5.75 Å². The second kappa shape index (κ2) is 7.11. The lowest BCUT2D eigenvalue weighted by atomic mass is 10.0. The first kappa shape index (κ1) is 15.5. The van der Waals surface area contributed by atoms with Crippen LogP contribution in [0.15, 0.2) is 18.2 Å². The van der Waals surface area contributed by atoms with Gasteiger partial charge in [-0.25, -0.2) is 0 Å². The zero-order chi connectivity index (χ0) is 14.4. The first-order chi connectivity index (χ1) is 8.99. The maximum absolute atomic E-state index is 11.1. The minimum Gasteiger partial charge on any atom is -0.496 e. The summed E-state index contributed by atoms with van der Waals surface area (Å²) in [5.41, 5.74) is 7.28. The van der Waals surface area contributed by atoms with Gasteiger partial charge in [-0.1, -0.05) is 6.07 Å². The summed E-state index contributed by atoms with van der Waals surface area (Å²) in [5.74, 6) is 0.429. The van der Waals surface area contributed by atoms with Crippen molar-refractivity contribution in [3.8, 4) is 5.75 Å². The number of nitrogens with two attached hydrogens (primary N) is 1. The minimum atomic E-state index is -0.372. The van der Waals surface area contributed by atoms with E-state index in [0.29, 0.717) is 6.61 Å². The van der Waals surface area contributed by atoms with Gasteiger partial charge in [0.25, 0.3) is 0 Å². The molecule has 106 valence electrons. The van der Waals surface area contributed by atoms with Gasteiger partial charge in [-0.2, -0.15) is 0 Å². The van der Waals surface area contributed by atoms with E-state index in [1.54, 1.807) is 21.1 Å². The molecule has 5 heteroatoms. The Bertz CT molecular complexity index is 435. The van der Waals surface area contributed by atoms with Crippen LogP contribution in [-0.2, 0) is 16.1 Å². The smallest absolute Gasteiger partial charge is 0.234 e. The normalized spacial score (nSPS) is 13.9. The van der Waals surface area contributed by atoms with Crippen molar-refractivity contribution in [2.24, 2.45) is 5.73 Å². The van der Waals surface area contributed by atoms with Crippen molar-refractivity contribution in [2.75, 3.05) is 14.2 Å². The number of amides is 1. The molecule has 0 spiro atoms. The van der Waals surface area contributed by atoms with Crippen molar-refractivity contribution >= 4 is 5.91 Å². The summed E-state index contributed by atoms with van der Waals surface area (Å²) in [6.07, 6.45) is 0. The Balaban J connectivity index is 2.88. The molecule has 1 aromatic rings. The maximum atomic E-state index is 11.1. The third kappa shape index (κ3) is 4.22. The van der Waals surface area contributed by atoms with Gasteiger partial charge in [0, 0.05) is 18.7 Å². The van der Waals surface area contributed by atoms with Gasteiger partial charge < -0.3 is 15.2 Å². The van der Waals surface area contributed by atoms with Crippen LogP contribution in [0.2, 0.25) is 0 Å². The second-order valence-corrected chi connectivity index (χ2v) is 4.52. The number of carbonyl (C=O) groups is 1. The number of rotatable bonds is 7. The summed E-state index contributed by atoms with van der Waals surface area (Å²) in [4.78, 5) is 11.1. The van der Waals surface area contributed by atoms with E-state index in [4.69, 9.17) is 15.2 Å². The van der Waals surface area contributed by atoms with Crippen molar-refractivity contribution in [1.82, 2.24) is 5.32 Å². The standard InChI is InChI=1S/C14H22N2O3/c1-9(16-10(2)14(15)17)11-5-6-13(19-4)12(7-11)8-18-3/h5-7,9-10,16H,8H2,1-4H3,(H2,15,17). The van der Waals surface area contributed by atoms with Crippen LogP contribution in [-0.4, -0.2) is 26.2 Å². The summed E-state index contributed by atoms with van der Waals surface area (Å²) in [6.45, 7) is 4.21. The molecule has 2 atom stereocenters. The number of carbonyl (C=O) groups excluding carboxylic acids is 1. The van der Waals surface area contributed by atoms with Crippen molar-refractivity contribution in [3.63, 3.8) is 0 Å². The molecule has 1 rings (SSSR count). The predicted molar refractivity (Wildman–Crippen MR) is 73.9 cm³/mol. The quantitative estimate of drug-likeness (QED) is 0.781. The molecular weight excluding hydrogens is 244 g/mol. The molecular formula is C14H22N2O3. The van der Waals surface area contributed by atoms with E-state index >= 15 is 0 Å². The molecule has 1 aromatic carbocycles. The predicted octanol–water partition coefficient (Wildman–Crippen LogP) is 1.37. The highest BCUT2D eigenvalue weighted by atomic mass is 16.5. The number of hydrogen-bond acceptors (Lipinski definition) is 4. The Labute approximate surface area is 114 Å². The summed E-state index contributed by atoms with van der Waals surface area (Å²) in [6, 6.07) is 5.51. The molecule has 0 fully saturated rings. The summed E-state index contributed by atoms with van der Waals surface area (Å²) >= 11 is 0. The van der Waals surface area contributed by atoms with E-state index in [1.165, 1.54) is 0 Å². The number of primary amides is 1. The van der Waals surface area contributed by atoms with E-state index in [9.17, 15) is 4.79 Å². The third-order valence-electron chi connectivity index (χ3n) is 3.03. The summed E-state index contributed by atoms with van der Waals surface area (Å²) in [7, 11) is 3.27. The highest BCUT2D eigenvalue weighted by Gasteiger charge is 2.14. The fourth-order valence-electron chi connectivity index (χ4n) is 1.89. The average molecular weight is 266 g/mol. The van der Waals surface area contributed by atoms with Gasteiger partial charge in [-0.15, -0.1) is 0 Å². The van der Waals surface area contributed by atoms with Crippen molar-refractivity contribution < 1.29 is 14.3 Å². The van der Waals surface area contributed by atoms with E-state index in [1.807, 2.05) is 25.1 Å². The highest BCUT2D eigenvalue weighted by molar-refractivity contribution is 5.79. The third-order valence-corrected chi connectivity index (χ3v) is 3.03. The van der Waals surface area contributed by atoms with Gasteiger partial charge >= 0.3 is 0 Å². The second-order valence-electron chi connectivity index (χ2n) is 4.52. The van der Waals surface area contributed by atoms with Crippen molar-refractivity contribution in [1.29, 1.82) is 0 Å². The zero-order valence-electron chi connectivity index (χ0n) is 11.9. The van der Waals surface area contributed by atoms with E-state index in [-0.39, 0.29) is 18.0 Å². The maximum Gasteiger partial charge on any atom is 0.234 e. The number of methoxy groups -OCH3 is 2. The van der Waals surface area contributed by atoms with Gasteiger partial charge in [0.1, 0.15) is 5.75 Å². The van der Waals surface area contributed by atoms with Gasteiger partial charge in [0.2, 0.25) is 5.91 Å². The molecule has 0 aliphatic heterocycles. The molecule has 0 heterocycles. The van der Waals surface area contributed by atoms with Crippen LogP contribution in [0.25, 0.3) is 0 Å². The Kier molecular flexibility index (Phi) is 5.79. The molecule has 0 saturated carbocycles. The molecule has 0 aromatic heterocycles. The zero-order valence-corrected chi connectivity index (χ0v) is 11.9. The average Bonchev–Trinajstić information content (AvgIpc) is 2.38. The molecule has 0 aliphatic carbocycles. The van der Waals surface area contributed by atoms with Crippen LogP contribution < -0.4 is 15.8 Å². The lowest BCUT2D eigenvalue weighted by Crippen LogP contribution is -2.40. The summed E-state index contributed by atoms with van der Waals surface area (Å²) in [5, 5.41) is 3.15. The molecule has 5 nitrogen and oxygen atoms in total. The molecule has 0 bridgehead atoms. The Morgan fingerprint density at radius 2 is 2.05 bits per heavy atom. The van der Waals surface area contributed by atoms with Crippen molar-refractivity contribution in [2.45, 2.75) is 32.5 Å². The minimum absolute atomic E-state index is 0.0176. The molecule has 0 radical (unpaired) electrons. The van der Waals surface area contributed by atoms with Crippen LogP contribution in [0.1, 0.15) is 31.0 Å². The molecule has 1 amide bonds. The van der Waals surface area contributed by atoms with E-state index in [2.05, 4.69) is 5.32 Å². The van der Waals surface area contributed by atoms with Crippen LogP contribution >= 0.6 is 0 Å². The fraction of sp³-hybridized carbons (Fsp3) is 0.500. The Morgan fingerprint density at radius 3 is 2.58 bits per heavy atom. The number of hydrogen-bond donors (Lipinski definition) is 2. The summed E-state index contributed by atoms with van der Waals surface area (Å²) < 4.78 is 10.4. The lowest BCUT2D eigenvalue weighted by molar-refractivity contribution is -0.119. The Morgan fingerprint density at radius 1 is 1.37 bits per heavy atom. The molecule has 0 saturated heterocycles. The van der Waals surface area contributed by atoms with Gasteiger partial charge in [0.15, 0.2) is 0 Å². The first-order valence-electron chi connectivity index (χ1n) is 6.20. The molecule has 0 aliphatic rings. The van der Waals surface area contributed by atoms with Gasteiger partial charge in [-0.05, 0) is 31.5 Å². The van der Waals surface area contributed by atoms with Gasteiger partial charge in [-0.3, -0.25) is 10.1 Å². The molecule has 19 heavy (non-hydrogen) atoms. The molecule has 2 unspecified atom stereocenters. The SMILES string of the molecule is COCc1cc(C(C)NC(C)C(N)=O)ccc1OC. The monoisotopic (exact) mass is 266 g/mol. The van der Waals surface area contributed by atoms with Crippen LogP contribution in [0.3, 0.4) is 0 Å². The van der Waals surface area contributed by atoms with Crippen LogP contribution in [0.4, 0.5) is 0 Å².